The van der Waals surface area contributed by atoms with E-state index in [9.17, 15) is 0 Å². The van der Waals surface area contributed by atoms with Crippen molar-refractivity contribution < 1.29 is 0 Å². The largest absolute Gasteiger partial charge is 0.389 e. The Morgan fingerprint density at radius 1 is 1.53 bits per heavy atom. The third-order valence-corrected chi connectivity index (χ3v) is 3.04. The van der Waals surface area contributed by atoms with Crippen LogP contribution in [0.3, 0.4) is 0 Å². The highest BCUT2D eigenvalue weighted by molar-refractivity contribution is 7.80. The lowest BCUT2D eigenvalue weighted by Gasteiger charge is -2.19. The Hall–Kier alpha value is -1.23. The van der Waals surface area contributed by atoms with Crippen LogP contribution in [0.5, 0.6) is 0 Å². The lowest BCUT2D eigenvalue weighted by atomic mass is 10.0. The number of thiocarbonyl (C=S) groups is 1. The Kier molecular flexibility index (Phi) is 5.28. The first-order valence-corrected chi connectivity index (χ1v) is 6.33. The number of nitrogens with zero attached hydrogens (tertiary/aromatic N) is 2. The smallest absolute Gasteiger partial charge is 0.159 e. The first-order valence-electron chi connectivity index (χ1n) is 5.92. The van der Waals surface area contributed by atoms with Crippen LogP contribution in [0, 0.1) is 5.92 Å². The Bertz CT molecular complexity index is 381. The van der Waals surface area contributed by atoms with Gasteiger partial charge in [0.2, 0.25) is 0 Å². The predicted molar refractivity (Wildman–Crippen MR) is 75.1 cm³/mol. The van der Waals surface area contributed by atoms with E-state index in [-0.39, 0.29) is 0 Å². The van der Waals surface area contributed by atoms with Crippen LogP contribution in [0.1, 0.15) is 39.2 Å². The summed E-state index contributed by atoms with van der Waals surface area (Å²) in [5.41, 5.74) is 6.40. The van der Waals surface area contributed by atoms with Crippen molar-refractivity contribution in [2.24, 2.45) is 11.7 Å². The fourth-order valence-corrected chi connectivity index (χ4v) is 1.86. The van der Waals surface area contributed by atoms with Gasteiger partial charge in [-0.3, -0.25) is 0 Å². The fourth-order valence-electron chi connectivity index (χ4n) is 1.70. The third kappa shape index (κ3) is 4.26. The normalized spacial score (nSPS) is 14.1. The summed E-state index contributed by atoms with van der Waals surface area (Å²) in [5.74, 6) is 1.36. The molecule has 0 saturated heterocycles. The van der Waals surface area contributed by atoms with Crippen molar-refractivity contribution in [3.8, 4) is 0 Å². The minimum absolute atomic E-state index is 0.328. The summed E-state index contributed by atoms with van der Waals surface area (Å²) in [7, 11) is 0. The molecule has 2 atom stereocenters. The van der Waals surface area contributed by atoms with Crippen LogP contribution < -0.4 is 11.1 Å². The fraction of sp³-hybridized carbons (Fsp3) is 0.583. The lowest BCUT2D eigenvalue weighted by molar-refractivity contribution is 0.483. The van der Waals surface area contributed by atoms with Crippen LogP contribution >= 0.6 is 12.2 Å². The predicted octanol–water partition coefficient (Wildman–Crippen LogP) is 2.35. The van der Waals surface area contributed by atoms with Gasteiger partial charge in [0, 0.05) is 6.04 Å². The standard InChI is InChI=1S/C12H20N4S/c1-4-8(2)7-9(3)15-12-10(11(13)17)5-6-14-16-12/h5-6,8-9H,4,7H2,1-3H3,(H2,13,17)(H,15,16). The summed E-state index contributed by atoms with van der Waals surface area (Å²) in [6.45, 7) is 6.56. The molecule has 1 heterocycles. The van der Waals surface area contributed by atoms with E-state index in [0.717, 1.165) is 12.0 Å². The summed E-state index contributed by atoms with van der Waals surface area (Å²) in [6, 6.07) is 2.11. The highest BCUT2D eigenvalue weighted by atomic mass is 32.1. The van der Waals surface area contributed by atoms with E-state index in [1.807, 2.05) is 0 Å². The van der Waals surface area contributed by atoms with Gasteiger partial charge in [-0.25, -0.2) is 0 Å². The second kappa shape index (κ2) is 6.49. The van der Waals surface area contributed by atoms with Crippen molar-refractivity contribution >= 4 is 23.0 Å². The van der Waals surface area contributed by atoms with Gasteiger partial charge in [0.15, 0.2) is 5.82 Å². The van der Waals surface area contributed by atoms with Gasteiger partial charge in [0.25, 0.3) is 0 Å². The second-order valence-electron chi connectivity index (χ2n) is 4.45. The van der Waals surface area contributed by atoms with Crippen molar-refractivity contribution in [3.05, 3.63) is 17.8 Å². The van der Waals surface area contributed by atoms with Crippen LogP contribution in [-0.2, 0) is 0 Å². The molecule has 0 spiro atoms. The van der Waals surface area contributed by atoms with Crippen LogP contribution in [0.15, 0.2) is 12.3 Å². The summed E-state index contributed by atoms with van der Waals surface area (Å²) in [5, 5.41) is 11.2. The summed E-state index contributed by atoms with van der Waals surface area (Å²) >= 11 is 4.98. The van der Waals surface area contributed by atoms with Crippen LogP contribution in [0.25, 0.3) is 0 Å². The number of rotatable bonds is 6. The highest BCUT2D eigenvalue weighted by Crippen LogP contribution is 2.16. The maximum absolute atomic E-state index is 5.64. The molecule has 0 fully saturated rings. The van der Waals surface area contributed by atoms with Crippen LogP contribution in [0.2, 0.25) is 0 Å². The lowest BCUT2D eigenvalue weighted by Crippen LogP contribution is -2.22. The molecule has 0 aliphatic rings. The molecule has 1 aromatic rings. The van der Waals surface area contributed by atoms with Gasteiger partial charge in [0.1, 0.15) is 4.99 Å². The number of hydrogen-bond acceptors (Lipinski definition) is 4. The molecule has 0 bridgehead atoms. The zero-order valence-electron chi connectivity index (χ0n) is 10.6. The Labute approximate surface area is 108 Å². The molecule has 0 saturated carbocycles. The van der Waals surface area contributed by atoms with E-state index < -0.39 is 0 Å². The molecule has 2 unspecified atom stereocenters. The minimum Gasteiger partial charge on any atom is -0.389 e. The van der Waals surface area contributed by atoms with Crippen molar-refractivity contribution in [1.29, 1.82) is 0 Å². The number of hydrogen-bond donors (Lipinski definition) is 2. The quantitative estimate of drug-likeness (QED) is 0.761. The number of anilines is 1. The van der Waals surface area contributed by atoms with E-state index in [2.05, 4.69) is 36.3 Å². The van der Waals surface area contributed by atoms with E-state index in [1.54, 1.807) is 12.3 Å². The van der Waals surface area contributed by atoms with E-state index in [1.165, 1.54) is 6.42 Å². The molecule has 94 valence electrons. The minimum atomic E-state index is 0.328. The summed E-state index contributed by atoms with van der Waals surface area (Å²) in [4.78, 5) is 0.345. The molecule has 1 aromatic heterocycles. The Morgan fingerprint density at radius 2 is 2.24 bits per heavy atom. The average molecular weight is 252 g/mol. The van der Waals surface area contributed by atoms with Gasteiger partial charge in [-0.1, -0.05) is 32.5 Å². The van der Waals surface area contributed by atoms with E-state index in [4.69, 9.17) is 18.0 Å². The molecule has 0 amide bonds. The first-order chi connectivity index (χ1) is 8.04. The zero-order chi connectivity index (χ0) is 12.8. The van der Waals surface area contributed by atoms with Crippen LogP contribution in [0.4, 0.5) is 5.82 Å². The summed E-state index contributed by atoms with van der Waals surface area (Å²) < 4.78 is 0. The SMILES string of the molecule is CCC(C)CC(C)Nc1nnccc1C(N)=S. The molecule has 5 heteroatoms. The van der Waals surface area contributed by atoms with Crippen LogP contribution in [-0.4, -0.2) is 21.2 Å². The van der Waals surface area contributed by atoms with E-state index >= 15 is 0 Å². The molecular weight excluding hydrogens is 232 g/mol. The average Bonchev–Trinajstić information content (AvgIpc) is 2.29. The number of nitrogens with two attached hydrogens (primary N) is 1. The third-order valence-electron chi connectivity index (χ3n) is 2.82. The summed E-state index contributed by atoms with van der Waals surface area (Å²) in [6.07, 6.45) is 3.86. The van der Waals surface area contributed by atoms with Crippen molar-refractivity contribution in [1.82, 2.24) is 10.2 Å². The number of aromatic nitrogens is 2. The van der Waals surface area contributed by atoms with Gasteiger partial charge in [0.05, 0.1) is 11.8 Å². The van der Waals surface area contributed by atoms with Gasteiger partial charge >= 0.3 is 0 Å². The van der Waals surface area contributed by atoms with Crippen molar-refractivity contribution in [3.63, 3.8) is 0 Å². The molecule has 17 heavy (non-hydrogen) atoms. The molecule has 0 aliphatic heterocycles. The molecule has 0 radical (unpaired) electrons. The molecule has 0 aliphatic carbocycles. The molecule has 1 rings (SSSR count). The van der Waals surface area contributed by atoms with Gasteiger partial charge < -0.3 is 11.1 Å². The van der Waals surface area contributed by atoms with Gasteiger partial charge in [-0.15, -0.1) is 5.10 Å². The van der Waals surface area contributed by atoms with E-state index in [0.29, 0.717) is 22.8 Å². The highest BCUT2D eigenvalue weighted by Gasteiger charge is 2.11. The Balaban J connectivity index is 2.71. The Morgan fingerprint density at radius 3 is 2.82 bits per heavy atom. The molecule has 3 N–H and O–H groups in total. The van der Waals surface area contributed by atoms with Gasteiger partial charge in [-0.2, -0.15) is 5.10 Å². The molecule has 4 nitrogen and oxygen atoms in total. The number of nitrogens with one attached hydrogen (secondary N) is 1. The van der Waals surface area contributed by atoms with Gasteiger partial charge in [-0.05, 0) is 25.3 Å². The zero-order valence-corrected chi connectivity index (χ0v) is 11.4. The van der Waals surface area contributed by atoms with Crippen molar-refractivity contribution in [2.75, 3.05) is 5.32 Å². The maximum Gasteiger partial charge on any atom is 0.159 e. The topological polar surface area (TPSA) is 63.8 Å². The molecular formula is C12H20N4S. The van der Waals surface area contributed by atoms with Crippen molar-refractivity contribution in [2.45, 2.75) is 39.7 Å². The maximum atomic E-state index is 5.64. The molecule has 0 aromatic carbocycles. The first kappa shape index (κ1) is 13.8. The second-order valence-corrected chi connectivity index (χ2v) is 4.89. The monoisotopic (exact) mass is 252 g/mol.